The molecule has 0 radical (unpaired) electrons. The van der Waals surface area contributed by atoms with E-state index in [1.807, 2.05) is 52.1 Å². The Bertz CT molecular complexity index is 1220. The zero-order valence-corrected chi connectivity index (χ0v) is 25.8. The van der Waals surface area contributed by atoms with E-state index in [1.54, 1.807) is 0 Å². The molecule has 2 aromatic rings. The normalized spacial score (nSPS) is 14.0. The van der Waals surface area contributed by atoms with Crippen LogP contribution in [0.2, 0.25) is 0 Å². The third-order valence-corrected chi connectivity index (χ3v) is 8.48. The smallest absolute Gasteiger partial charge is 0.0488 e. The molecule has 0 saturated heterocycles. The highest BCUT2D eigenvalue weighted by molar-refractivity contribution is 8.76. The van der Waals surface area contributed by atoms with E-state index in [4.69, 9.17) is 0 Å². The number of allylic oxidation sites excluding steroid dienone is 8. The van der Waals surface area contributed by atoms with Gasteiger partial charge in [-0.05, 0) is 53.6 Å². The lowest BCUT2D eigenvalue weighted by Gasteiger charge is -2.26. The van der Waals surface area contributed by atoms with Gasteiger partial charge in [-0.3, -0.25) is 4.99 Å². The molecule has 0 saturated carbocycles. The van der Waals surface area contributed by atoms with Crippen molar-refractivity contribution in [1.29, 1.82) is 0 Å². The Hall–Kier alpha value is -3.35. The molecule has 210 valence electrons. The molecule has 40 heavy (non-hydrogen) atoms. The summed E-state index contributed by atoms with van der Waals surface area (Å²) in [5.41, 5.74) is 6.11. The van der Waals surface area contributed by atoms with Crippen molar-refractivity contribution in [3.8, 4) is 0 Å². The number of benzene rings is 2. The molecule has 4 nitrogen and oxygen atoms in total. The third kappa shape index (κ3) is 11.8. The fraction of sp³-hybridized carbons (Fsp3) is 0.265. The van der Waals surface area contributed by atoms with Gasteiger partial charge in [0.05, 0.1) is 0 Å². The molecule has 0 amide bonds. The Kier molecular flexibility index (Phi) is 14.1. The van der Waals surface area contributed by atoms with Crippen LogP contribution in [-0.2, 0) is 0 Å². The van der Waals surface area contributed by atoms with E-state index in [-0.39, 0.29) is 0 Å². The van der Waals surface area contributed by atoms with E-state index in [0.717, 1.165) is 31.1 Å². The second-order valence-corrected chi connectivity index (χ2v) is 12.3. The molecule has 0 fully saturated rings. The molecular formula is C34H42N4S2. The first kappa shape index (κ1) is 31.2. The molecule has 3 rings (SSSR count). The summed E-state index contributed by atoms with van der Waals surface area (Å²) >= 11 is 0. The lowest BCUT2D eigenvalue weighted by molar-refractivity contribution is 0.414. The van der Waals surface area contributed by atoms with Crippen LogP contribution in [0.3, 0.4) is 0 Å². The van der Waals surface area contributed by atoms with E-state index >= 15 is 0 Å². The highest BCUT2D eigenvalue weighted by Crippen LogP contribution is 2.22. The predicted octanol–water partition coefficient (Wildman–Crippen LogP) is 7.87. The molecular weight excluding hydrogens is 529 g/mol. The summed E-state index contributed by atoms with van der Waals surface area (Å²) in [4.78, 5) is 11.1. The van der Waals surface area contributed by atoms with Gasteiger partial charge in [0.2, 0.25) is 0 Å². The number of anilines is 2. The number of hydrogen-bond acceptors (Lipinski definition) is 6. The van der Waals surface area contributed by atoms with Crippen molar-refractivity contribution >= 4 is 51.3 Å². The van der Waals surface area contributed by atoms with E-state index in [9.17, 15) is 0 Å². The van der Waals surface area contributed by atoms with Crippen molar-refractivity contribution in [2.24, 2.45) is 4.99 Å². The van der Waals surface area contributed by atoms with Crippen LogP contribution in [0.1, 0.15) is 11.1 Å². The fourth-order valence-corrected chi connectivity index (χ4v) is 5.66. The van der Waals surface area contributed by atoms with Gasteiger partial charge in [-0.1, -0.05) is 94.5 Å². The summed E-state index contributed by atoms with van der Waals surface area (Å²) in [6, 6.07) is 17.2. The van der Waals surface area contributed by atoms with E-state index in [1.165, 1.54) is 28.2 Å². The maximum absolute atomic E-state index is 4.48. The summed E-state index contributed by atoms with van der Waals surface area (Å²) in [5, 5.41) is 0. The maximum atomic E-state index is 4.48. The quantitative estimate of drug-likeness (QED) is 0.0938. The van der Waals surface area contributed by atoms with Gasteiger partial charge in [0.15, 0.2) is 0 Å². The number of hydrogen-bond donors (Lipinski definition) is 0. The van der Waals surface area contributed by atoms with Crippen LogP contribution >= 0.6 is 21.6 Å². The van der Waals surface area contributed by atoms with Crippen molar-refractivity contribution in [2.75, 3.05) is 69.1 Å². The zero-order valence-electron chi connectivity index (χ0n) is 24.2. The fourth-order valence-electron chi connectivity index (χ4n) is 3.80. The first-order valence-corrected chi connectivity index (χ1v) is 16.1. The number of nitrogens with zero attached hydrogens (tertiary/aromatic N) is 4. The second-order valence-electron chi connectivity index (χ2n) is 9.60. The van der Waals surface area contributed by atoms with Crippen molar-refractivity contribution in [3.05, 3.63) is 120 Å². The summed E-state index contributed by atoms with van der Waals surface area (Å²) < 4.78 is 0. The minimum absolute atomic E-state index is 0.835. The first-order chi connectivity index (χ1) is 19.5. The number of rotatable bonds is 15. The van der Waals surface area contributed by atoms with Gasteiger partial charge < -0.3 is 14.7 Å². The molecule has 2 aromatic carbocycles. The van der Waals surface area contributed by atoms with Crippen LogP contribution < -0.4 is 9.80 Å². The van der Waals surface area contributed by atoms with Crippen LogP contribution in [-0.4, -0.2) is 70.4 Å². The van der Waals surface area contributed by atoms with E-state index in [0.29, 0.717) is 0 Å². The molecule has 0 N–H and O–H groups in total. The topological polar surface area (TPSA) is 22.1 Å². The first-order valence-electron chi connectivity index (χ1n) is 13.6. The Morgan fingerprint density at radius 3 is 2.00 bits per heavy atom. The number of aliphatic imine (C=N–C) groups is 1. The van der Waals surface area contributed by atoms with Crippen molar-refractivity contribution in [3.63, 3.8) is 0 Å². The molecule has 0 bridgehead atoms. The van der Waals surface area contributed by atoms with Crippen LogP contribution in [0, 0.1) is 0 Å². The van der Waals surface area contributed by atoms with Crippen molar-refractivity contribution < 1.29 is 0 Å². The average Bonchev–Trinajstić information content (AvgIpc) is 2.97. The van der Waals surface area contributed by atoms with Crippen molar-refractivity contribution in [2.45, 2.75) is 0 Å². The molecule has 0 aromatic heterocycles. The monoisotopic (exact) mass is 570 g/mol. The van der Waals surface area contributed by atoms with Crippen LogP contribution in [0.4, 0.5) is 11.4 Å². The molecule has 0 atom stereocenters. The van der Waals surface area contributed by atoms with Gasteiger partial charge in [-0.15, -0.1) is 0 Å². The van der Waals surface area contributed by atoms with Crippen LogP contribution in [0.5, 0.6) is 0 Å². The molecule has 1 aliphatic rings. The SMILES string of the molecule is CN(C)c1ccc(/C=C/C=C/C=C\C=NCCSSCCN2CC=CC=C2/C=C/c2ccc(N(C)C)cc2)cc1. The summed E-state index contributed by atoms with van der Waals surface area (Å²) in [5.74, 6) is 2.11. The zero-order chi connectivity index (χ0) is 28.4. The van der Waals surface area contributed by atoms with Crippen LogP contribution in [0.15, 0.2) is 114 Å². The largest absolute Gasteiger partial charge is 0.378 e. The van der Waals surface area contributed by atoms with Gasteiger partial charge in [0, 0.05) is 82.6 Å². The minimum Gasteiger partial charge on any atom is -0.378 e. The molecule has 1 heterocycles. The maximum Gasteiger partial charge on any atom is 0.0488 e. The minimum atomic E-state index is 0.835. The lowest BCUT2D eigenvalue weighted by atomic mass is 10.1. The lowest BCUT2D eigenvalue weighted by Crippen LogP contribution is -2.26. The van der Waals surface area contributed by atoms with Gasteiger partial charge in [0.1, 0.15) is 0 Å². The van der Waals surface area contributed by atoms with E-state index in [2.05, 4.69) is 139 Å². The van der Waals surface area contributed by atoms with E-state index < -0.39 is 0 Å². The Morgan fingerprint density at radius 1 is 0.725 bits per heavy atom. The summed E-state index contributed by atoms with van der Waals surface area (Å²) in [7, 11) is 12.1. The summed E-state index contributed by atoms with van der Waals surface area (Å²) in [6.45, 7) is 2.83. The Morgan fingerprint density at radius 2 is 1.32 bits per heavy atom. The highest BCUT2D eigenvalue weighted by Gasteiger charge is 2.08. The van der Waals surface area contributed by atoms with Crippen molar-refractivity contribution in [1.82, 2.24) is 4.90 Å². The molecule has 6 heteroatoms. The van der Waals surface area contributed by atoms with Gasteiger partial charge >= 0.3 is 0 Å². The van der Waals surface area contributed by atoms with Gasteiger partial charge in [-0.2, -0.15) is 0 Å². The molecule has 0 spiro atoms. The van der Waals surface area contributed by atoms with Gasteiger partial charge in [0.25, 0.3) is 0 Å². The second kappa shape index (κ2) is 18.1. The highest BCUT2D eigenvalue weighted by atomic mass is 33.1. The van der Waals surface area contributed by atoms with Crippen LogP contribution in [0.25, 0.3) is 12.2 Å². The molecule has 1 aliphatic heterocycles. The van der Waals surface area contributed by atoms with Gasteiger partial charge in [-0.25, -0.2) is 0 Å². The average molecular weight is 571 g/mol. The predicted molar refractivity (Wildman–Crippen MR) is 185 cm³/mol. The Balaban J connectivity index is 1.26. The molecule has 0 unspecified atom stereocenters. The molecule has 0 aliphatic carbocycles. The third-order valence-electron chi connectivity index (χ3n) is 6.12. The standard InChI is InChI=1S/C34H42N4S2/c1-36(2)32-19-14-30(15-20-32)12-8-6-5-7-10-24-35-25-28-39-40-29-27-38-26-11-9-13-34(38)23-18-31-16-21-33(22-17-31)37(3)4/h5-24H,25-29H2,1-4H3/b6-5+,10-7-,12-8+,23-18+,35-24?. The summed E-state index contributed by atoms with van der Waals surface area (Å²) in [6.07, 6.45) is 25.1. The Labute approximate surface area is 249 Å².